The number of hydrogen-bond donors (Lipinski definition) is 2. The van der Waals surface area contributed by atoms with Gasteiger partial charge in [-0.1, -0.05) is 6.08 Å². The molecule has 5 nitrogen and oxygen atoms in total. The van der Waals surface area contributed by atoms with Gasteiger partial charge in [0.15, 0.2) is 0 Å². The van der Waals surface area contributed by atoms with Crippen LogP contribution in [0.1, 0.15) is 19.8 Å². The predicted molar refractivity (Wildman–Crippen MR) is 61.7 cm³/mol. The van der Waals surface area contributed by atoms with Crippen molar-refractivity contribution in [3.63, 3.8) is 0 Å². The summed E-state index contributed by atoms with van der Waals surface area (Å²) in [6, 6.07) is 0. The van der Waals surface area contributed by atoms with Crippen LogP contribution in [0.25, 0.3) is 0 Å². The molecule has 0 saturated heterocycles. The molecule has 0 fully saturated rings. The third-order valence-electron chi connectivity index (χ3n) is 3.29. The first-order chi connectivity index (χ1) is 7.98. The van der Waals surface area contributed by atoms with Crippen LogP contribution in [0.15, 0.2) is 23.0 Å². The van der Waals surface area contributed by atoms with Crippen LogP contribution in [0.4, 0.5) is 0 Å². The van der Waals surface area contributed by atoms with Gasteiger partial charge in [-0.25, -0.2) is 0 Å². The molecule has 0 spiro atoms. The molecular weight excluding hydrogens is 220 g/mol. The summed E-state index contributed by atoms with van der Waals surface area (Å²) in [6.07, 6.45) is 2.92. The van der Waals surface area contributed by atoms with Crippen LogP contribution in [-0.2, 0) is 14.3 Å². The molecule has 0 aromatic heterocycles. The first kappa shape index (κ1) is 11.7. The maximum Gasteiger partial charge on any atom is 0.254 e. The third kappa shape index (κ3) is 1.81. The van der Waals surface area contributed by atoms with Crippen molar-refractivity contribution in [2.75, 3.05) is 13.7 Å². The van der Waals surface area contributed by atoms with E-state index in [9.17, 15) is 9.59 Å². The molecule has 1 heterocycles. The van der Waals surface area contributed by atoms with Gasteiger partial charge in [0, 0.05) is 13.5 Å². The molecule has 1 aliphatic heterocycles. The van der Waals surface area contributed by atoms with Crippen molar-refractivity contribution in [3.8, 4) is 0 Å². The molecule has 1 atom stereocenters. The first-order valence-corrected chi connectivity index (χ1v) is 5.58. The number of carbonyl (C=O) groups excluding carboxylic acids is 2. The molecule has 2 aliphatic rings. The predicted octanol–water partition coefficient (Wildman–Crippen LogP) is 0.228. The minimum Gasteiger partial charge on any atom is -0.492 e. The fraction of sp³-hybridized carbons (Fsp3) is 0.500. The quantitative estimate of drug-likeness (QED) is 0.720. The monoisotopic (exact) mass is 236 g/mol. The Morgan fingerprint density at radius 1 is 1.53 bits per heavy atom. The number of ether oxygens (including phenoxy) is 1. The fourth-order valence-corrected chi connectivity index (χ4v) is 2.27. The van der Waals surface area contributed by atoms with Crippen molar-refractivity contribution >= 4 is 11.8 Å². The van der Waals surface area contributed by atoms with Gasteiger partial charge in [0.05, 0.1) is 17.6 Å². The Bertz CT molecular complexity index is 451. The Morgan fingerprint density at radius 2 is 2.24 bits per heavy atom. The standard InChI is InChI=1S/C12H16N2O3/c1-12(11(13)16)5-7-3-4-17-9(7)8(6-12)10(15)14-2/h6H,3-5H2,1-2H3,(H2,13,16)(H,14,15). The van der Waals surface area contributed by atoms with Gasteiger partial charge >= 0.3 is 0 Å². The lowest BCUT2D eigenvalue weighted by atomic mass is 9.76. The fourth-order valence-electron chi connectivity index (χ4n) is 2.27. The van der Waals surface area contributed by atoms with Crippen molar-refractivity contribution < 1.29 is 14.3 Å². The lowest BCUT2D eigenvalue weighted by molar-refractivity contribution is -0.124. The molecule has 2 rings (SSSR count). The van der Waals surface area contributed by atoms with Crippen LogP contribution in [0.3, 0.4) is 0 Å². The zero-order valence-corrected chi connectivity index (χ0v) is 10.0. The van der Waals surface area contributed by atoms with E-state index in [1.165, 1.54) is 0 Å². The van der Waals surface area contributed by atoms with Gasteiger partial charge in [0.25, 0.3) is 5.91 Å². The number of rotatable bonds is 2. The van der Waals surface area contributed by atoms with Crippen LogP contribution < -0.4 is 11.1 Å². The number of amides is 2. The maximum absolute atomic E-state index is 11.8. The zero-order chi connectivity index (χ0) is 12.6. The lowest BCUT2D eigenvalue weighted by Gasteiger charge is -2.28. The van der Waals surface area contributed by atoms with Gasteiger partial charge in [-0.3, -0.25) is 9.59 Å². The molecule has 0 aromatic rings. The van der Waals surface area contributed by atoms with Crippen LogP contribution in [0.2, 0.25) is 0 Å². The zero-order valence-electron chi connectivity index (χ0n) is 10.0. The average Bonchev–Trinajstić information content (AvgIpc) is 2.74. The Hall–Kier alpha value is -1.78. The normalized spacial score (nSPS) is 27.1. The minimum atomic E-state index is -0.797. The van der Waals surface area contributed by atoms with Crippen LogP contribution in [-0.4, -0.2) is 25.5 Å². The highest BCUT2D eigenvalue weighted by atomic mass is 16.5. The van der Waals surface area contributed by atoms with Crippen LogP contribution in [0.5, 0.6) is 0 Å². The Balaban J connectivity index is 2.46. The van der Waals surface area contributed by atoms with Crippen molar-refractivity contribution in [2.45, 2.75) is 19.8 Å². The third-order valence-corrected chi connectivity index (χ3v) is 3.29. The van der Waals surface area contributed by atoms with E-state index in [-0.39, 0.29) is 5.91 Å². The van der Waals surface area contributed by atoms with E-state index in [1.54, 1.807) is 20.0 Å². The highest BCUT2D eigenvalue weighted by Crippen LogP contribution is 2.41. The van der Waals surface area contributed by atoms with Crippen LogP contribution >= 0.6 is 0 Å². The molecule has 1 aliphatic carbocycles. The summed E-state index contributed by atoms with van der Waals surface area (Å²) in [6.45, 7) is 2.31. The van der Waals surface area contributed by atoms with E-state index in [1.807, 2.05) is 0 Å². The van der Waals surface area contributed by atoms with Crippen LogP contribution in [0, 0.1) is 5.41 Å². The average molecular weight is 236 g/mol. The van der Waals surface area contributed by atoms with E-state index in [4.69, 9.17) is 10.5 Å². The SMILES string of the molecule is CNC(=O)C1=CC(C)(C(N)=O)CC2=C1OCC2. The molecule has 92 valence electrons. The molecule has 0 saturated carbocycles. The number of likely N-dealkylation sites (N-methyl/N-ethyl adjacent to an activating group) is 1. The Labute approximate surface area is 99.7 Å². The minimum absolute atomic E-state index is 0.244. The molecule has 0 radical (unpaired) electrons. The summed E-state index contributed by atoms with van der Waals surface area (Å²) in [7, 11) is 1.55. The van der Waals surface area contributed by atoms with E-state index >= 15 is 0 Å². The molecule has 17 heavy (non-hydrogen) atoms. The smallest absolute Gasteiger partial charge is 0.254 e. The largest absolute Gasteiger partial charge is 0.492 e. The maximum atomic E-state index is 11.8. The highest BCUT2D eigenvalue weighted by molar-refractivity contribution is 5.99. The highest BCUT2D eigenvalue weighted by Gasteiger charge is 2.39. The van der Waals surface area contributed by atoms with Gasteiger partial charge in [0.1, 0.15) is 5.76 Å². The second kappa shape index (κ2) is 3.91. The van der Waals surface area contributed by atoms with E-state index in [0.717, 1.165) is 12.0 Å². The second-order valence-corrected chi connectivity index (χ2v) is 4.63. The Kier molecular flexibility index (Phi) is 2.69. The molecular formula is C12H16N2O3. The molecule has 2 amide bonds. The summed E-state index contributed by atoms with van der Waals surface area (Å²) in [5.41, 5.74) is 6.04. The number of carbonyl (C=O) groups is 2. The number of hydrogen-bond acceptors (Lipinski definition) is 3. The summed E-state index contributed by atoms with van der Waals surface area (Å²) in [5.74, 6) is -0.0352. The van der Waals surface area contributed by atoms with Gasteiger partial charge < -0.3 is 15.8 Å². The van der Waals surface area contributed by atoms with Crippen molar-refractivity contribution in [1.29, 1.82) is 0 Å². The number of nitrogens with two attached hydrogens (primary N) is 1. The topological polar surface area (TPSA) is 81.4 Å². The number of nitrogens with one attached hydrogen (secondary N) is 1. The van der Waals surface area contributed by atoms with Gasteiger partial charge in [-0.15, -0.1) is 0 Å². The summed E-state index contributed by atoms with van der Waals surface area (Å²) in [5, 5.41) is 2.55. The summed E-state index contributed by atoms with van der Waals surface area (Å²) >= 11 is 0. The molecule has 0 aromatic carbocycles. The van der Waals surface area contributed by atoms with Gasteiger partial charge in [0.2, 0.25) is 5.91 Å². The molecule has 1 unspecified atom stereocenters. The van der Waals surface area contributed by atoms with Crippen molar-refractivity contribution in [2.24, 2.45) is 11.1 Å². The number of primary amides is 1. The summed E-state index contributed by atoms with van der Waals surface area (Å²) < 4.78 is 5.46. The summed E-state index contributed by atoms with van der Waals surface area (Å²) in [4.78, 5) is 23.3. The molecule has 5 heteroatoms. The lowest BCUT2D eigenvalue weighted by Crippen LogP contribution is -2.37. The molecule has 3 N–H and O–H groups in total. The van der Waals surface area contributed by atoms with E-state index in [0.29, 0.717) is 24.4 Å². The van der Waals surface area contributed by atoms with Gasteiger partial charge in [-0.2, -0.15) is 0 Å². The first-order valence-electron chi connectivity index (χ1n) is 5.58. The van der Waals surface area contributed by atoms with E-state index in [2.05, 4.69) is 5.32 Å². The second-order valence-electron chi connectivity index (χ2n) is 4.63. The molecule has 0 bridgehead atoms. The van der Waals surface area contributed by atoms with Crippen molar-refractivity contribution in [1.82, 2.24) is 5.32 Å². The van der Waals surface area contributed by atoms with Gasteiger partial charge in [-0.05, 0) is 18.9 Å². The van der Waals surface area contributed by atoms with Crippen molar-refractivity contribution in [3.05, 3.63) is 23.0 Å². The Morgan fingerprint density at radius 3 is 2.82 bits per heavy atom. The van der Waals surface area contributed by atoms with E-state index < -0.39 is 11.3 Å².